The molecule has 1 saturated heterocycles. The number of methoxy groups -OCH3 is 1. The molecule has 0 bridgehead atoms. The minimum Gasteiger partial charge on any atom is -0.389 e. The van der Waals surface area contributed by atoms with Crippen molar-refractivity contribution in [3.8, 4) is 0 Å². The highest BCUT2D eigenvalue weighted by Gasteiger charge is 2.31. The highest BCUT2D eigenvalue weighted by atomic mass is 16.5. The van der Waals surface area contributed by atoms with Crippen molar-refractivity contribution in [2.24, 2.45) is 0 Å². The lowest BCUT2D eigenvalue weighted by Gasteiger charge is -2.24. The second-order valence-electron chi connectivity index (χ2n) is 5.41. The predicted molar refractivity (Wildman–Crippen MR) is 69.8 cm³/mol. The number of β-amino-alcohol motifs (C(OH)–C–C–N with tert-alkyl or cyclic N) is 1. The van der Waals surface area contributed by atoms with Gasteiger partial charge in [0, 0.05) is 19.6 Å². The van der Waals surface area contributed by atoms with Crippen molar-refractivity contribution in [2.75, 3.05) is 26.8 Å². The molecule has 6 nitrogen and oxygen atoms in total. The molecule has 1 N–H and O–H groups in total. The highest BCUT2D eigenvalue weighted by Crippen LogP contribution is 2.30. The molecular weight excluding hydrogens is 246 g/mol. The van der Waals surface area contributed by atoms with Crippen LogP contribution in [0.25, 0.3) is 0 Å². The zero-order chi connectivity index (χ0) is 13.8. The Labute approximate surface area is 113 Å². The second kappa shape index (κ2) is 6.45. The fourth-order valence-corrected chi connectivity index (χ4v) is 2.47. The molecule has 1 fully saturated rings. The van der Waals surface area contributed by atoms with Gasteiger partial charge in [-0.05, 0) is 19.4 Å². The van der Waals surface area contributed by atoms with Crippen molar-refractivity contribution >= 4 is 0 Å². The summed E-state index contributed by atoms with van der Waals surface area (Å²) in [6.45, 7) is 5.96. The van der Waals surface area contributed by atoms with Crippen molar-refractivity contribution in [2.45, 2.75) is 44.8 Å². The molecule has 0 aromatic carbocycles. The standard InChI is InChI=1S/C13H23N3O3/c1-9(2)13-14-12(15-19-13)11-5-4-6-16(11)7-10(17)8-18-3/h9-11,17H,4-8H2,1-3H3/t10-,11+/m1/s1. The monoisotopic (exact) mass is 269 g/mol. The summed E-state index contributed by atoms with van der Waals surface area (Å²) in [6.07, 6.45) is 1.63. The normalized spacial score (nSPS) is 22.3. The van der Waals surface area contributed by atoms with Crippen molar-refractivity contribution in [1.29, 1.82) is 0 Å². The predicted octanol–water partition coefficient (Wildman–Crippen LogP) is 1.34. The maximum absolute atomic E-state index is 9.84. The van der Waals surface area contributed by atoms with Crippen LogP contribution >= 0.6 is 0 Å². The van der Waals surface area contributed by atoms with Crippen LogP contribution < -0.4 is 0 Å². The van der Waals surface area contributed by atoms with E-state index in [0.717, 1.165) is 25.2 Å². The van der Waals surface area contributed by atoms with Gasteiger partial charge in [0.2, 0.25) is 5.89 Å². The molecule has 108 valence electrons. The fourth-order valence-electron chi connectivity index (χ4n) is 2.47. The quantitative estimate of drug-likeness (QED) is 0.840. The summed E-state index contributed by atoms with van der Waals surface area (Å²) in [5.41, 5.74) is 0. The molecule has 6 heteroatoms. The minimum atomic E-state index is -0.470. The summed E-state index contributed by atoms with van der Waals surface area (Å²) in [4.78, 5) is 6.67. The summed E-state index contributed by atoms with van der Waals surface area (Å²) in [5, 5.41) is 13.9. The van der Waals surface area contributed by atoms with Gasteiger partial charge in [-0.25, -0.2) is 0 Å². The van der Waals surface area contributed by atoms with Gasteiger partial charge in [0.25, 0.3) is 0 Å². The molecule has 0 spiro atoms. The Morgan fingerprint density at radius 3 is 2.95 bits per heavy atom. The first-order valence-electron chi connectivity index (χ1n) is 6.86. The Kier molecular flexibility index (Phi) is 4.90. The number of likely N-dealkylation sites (tertiary alicyclic amines) is 1. The first kappa shape index (κ1) is 14.4. The topological polar surface area (TPSA) is 71.6 Å². The zero-order valence-corrected chi connectivity index (χ0v) is 11.9. The summed E-state index contributed by atoms with van der Waals surface area (Å²) in [5.74, 6) is 1.67. The summed E-state index contributed by atoms with van der Waals surface area (Å²) < 4.78 is 10.2. The molecule has 0 saturated carbocycles. The lowest BCUT2D eigenvalue weighted by atomic mass is 10.2. The molecular formula is C13H23N3O3. The van der Waals surface area contributed by atoms with Gasteiger partial charge in [0.15, 0.2) is 5.82 Å². The van der Waals surface area contributed by atoms with Gasteiger partial charge in [-0.2, -0.15) is 4.98 Å². The molecule has 0 aliphatic carbocycles. The smallest absolute Gasteiger partial charge is 0.229 e. The minimum absolute atomic E-state index is 0.155. The van der Waals surface area contributed by atoms with Gasteiger partial charge in [-0.1, -0.05) is 19.0 Å². The third kappa shape index (κ3) is 3.52. The molecule has 2 rings (SSSR count). The largest absolute Gasteiger partial charge is 0.389 e. The SMILES string of the molecule is COC[C@H](O)CN1CCC[C@H]1c1noc(C(C)C)n1. The molecule has 1 aliphatic rings. The number of hydrogen-bond acceptors (Lipinski definition) is 6. The Morgan fingerprint density at radius 2 is 2.32 bits per heavy atom. The van der Waals surface area contributed by atoms with E-state index < -0.39 is 6.10 Å². The Morgan fingerprint density at radius 1 is 1.53 bits per heavy atom. The average molecular weight is 269 g/mol. The van der Waals surface area contributed by atoms with Crippen LogP contribution in [0.2, 0.25) is 0 Å². The highest BCUT2D eigenvalue weighted by molar-refractivity contribution is 5.00. The van der Waals surface area contributed by atoms with Crippen molar-refractivity contribution < 1.29 is 14.4 Å². The van der Waals surface area contributed by atoms with E-state index in [2.05, 4.69) is 15.0 Å². The van der Waals surface area contributed by atoms with Gasteiger partial charge >= 0.3 is 0 Å². The van der Waals surface area contributed by atoms with Crippen LogP contribution in [-0.2, 0) is 4.74 Å². The van der Waals surface area contributed by atoms with E-state index in [9.17, 15) is 5.11 Å². The van der Waals surface area contributed by atoms with Crippen LogP contribution in [0.3, 0.4) is 0 Å². The van der Waals surface area contributed by atoms with Crippen molar-refractivity contribution in [3.63, 3.8) is 0 Å². The van der Waals surface area contributed by atoms with Crippen LogP contribution in [0, 0.1) is 0 Å². The second-order valence-corrected chi connectivity index (χ2v) is 5.41. The fraction of sp³-hybridized carbons (Fsp3) is 0.846. The van der Waals surface area contributed by atoms with Crippen molar-refractivity contribution in [3.05, 3.63) is 11.7 Å². The average Bonchev–Trinajstić information content (AvgIpc) is 2.96. The number of ether oxygens (including phenoxy) is 1. The summed E-state index contributed by atoms with van der Waals surface area (Å²) in [6, 6.07) is 0.155. The molecule has 0 radical (unpaired) electrons. The molecule has 2 atom stereocenters. The zero-order valence-electron chi connectivity index (χ0n) is 11.9. The molecule has 1 aromatic heterocycles. The number of nitrogens with zero attached hydrogens (tertiary/aromatic N) is 3. The van der Waals surface area contributed by atoms with E-state index in [4.69, 9.17) is 9.26 Å². The van der Waals surface area contributed by atoms with Crippen LogP contribution in [0.4, 0.5) is 0 Å². The third-order valence-electron chi connectivity index (χ3n) is 3.42. The van der Waals surface area contributed by atoms with Gasteiger partial charge < -0.3 is 14.4 Å². The molecule has 1 aliphatic heterocycles. The molecule has 1 aromatic rings. The lowest BCUT2D eigenvalue weighted by molar-refractivity contribution is 0.0336. The van der Waals surface area contributed by atoms with Crippen LogP contribution in [0.1, 0.15) is 50.4 Å². The third-order valence-corrected chi connectivity index (χ3v) is 3.42. The number of aromatic nitrogens is 2. The van der Waals surface area contributed by atoms with E-state index in [-0.39, 0.29) is 12.0 Å². The van der Waals surface area contributed by atoms with E-state index in [1.807, 2.05) is 13.8 Å². The Balaban J connectivity index is 2.01. The lowest BCUT2D eigenvalue weighted by Crippen LogP contribution is -2.34. The number of hydrogen-bond donors (Lipinski definition) is 1. The van der Waals surface area contributed by atoms with E-state index >= 15 is 0 Å². The van der Waals surface area contributed by atoms with Gasteiger partial charge in [-0.15, -0.1) is 0 Å². The Hall–Kier alpha value is -0.980. The summed E-state index contributed by atoms with van der Waals surface area (Å²) >= 11 is 0. The number of aliphatic hydroxyl groups excluding tert-OH is 1. The molecule has 0 unspecified atom stereocenters. The summed E-state index contributed by atoms with van der Waals surface area (Å²) in [7, 11) is 1.60. The van der Waals surface area contributed by atoms with Gasteiger partial charge in [0.05, 0.1) is 18.8 Å². The molecule has 0 amide bonds. The van der Waals surface area contributed by atoms with Gasteiger partial charge in [0.1, 0.15) is 0 Å². The number of aliphatic hydroxyl groups is 1. The molecule has 2 heterocycles. The maximum Gasteiger partial charge on any atom is 0.229 e. The molecule has 19 heavy (non-hydrogen) atoms. The van der Waals surface area contributed by atoms with Crippen LogP contribution in [-0.4, -0.2) is 53.1 Å². The maximum atomic E-state index is 9.84. The van der Waals surface area contributed by atoms with E-state index in [1.54, 1.807) is 7.11 Å². The first-order valence-corrected chi connectivity index (χ1v) is 6.86. The van der Waals surface area contributed by atoms with Crippen molar-refractivity contribution in [1.82, 2.24) is 15.0 Å². The van der Waals surface area contributed by atoms with Crippen LogP contribution in [0.15, 0.2) is 4.52 Å². The van der Waals surface area contributed by atoms with E-state index in [0.29, 0.717) is 19.0 Å². The first-order chi connectivity index (χ1) is 9.11. The van der Waals surface area contributed by atoms with E-state index in [1.165, 1.54) is 0 Å². The Bertz CT molecular complexity index is 394. The van der Waals surface area contributed by atoms with Gasteiger partial charge in [-0.3, -0.25) is 4.90 Å². The number of rotatable bonds is 6. The van der Waals surface area contributed by atoms with Crippen LogP contribution in [0.5, 0.6) is 0 Å².